The lowest BCUT2D eigenvalue weighted by atomic mass is 9.82. The van der Waals surface area contributed by atoms with Crippen LogP contribution in [-0.2, 0) is 10.0 Å². The molecule has 116 valence electrons. The van der Waals surface area contributed by atoms with Gasteiger partial charge >= 0.3 is 5.97 Å². The minimum Gasteiger partial charge on any atom is -0.478 e. The number of hydrogen-bond acceptors (Lipinski definition) is 4. The molecule has 6 nitrogen and oxygen atoms in total. The van der Waals surface area contributed by atoms with E-state index in [4.69, 9.17) is 16.7 Å². The van der Waals surface area contributed by atoms with Crippen LogP contribution in [0.5, 0.6) is 0 Å². The normalized spacial score (nSPS) is 22.1. The summed E-state index contributed by atoms with van der Waals surface area (Å²) in [6.07, 6.45) is 0.788. The Morgan fingerprint density at radius 1 is 1.43 bits per heavy atom. The number of aliphatic hydroxyl groups is 1. The molecule has 2 N–H and O–H groups in total. The molecule has 21 heavy (non-hydrogen) atoms. The summed E-state index contributed by atoms with van der Waals surface area (Å²) >= 11 is 5.90. The molecule has 0 bridgehead atoms. The lowest BCUT2D eigenvalue weighted by Crippen LogP contribution is -2.39. The quantitative estimate of drug-likeness (QED) is 0.850. The average molecular weight is 334 g/mol. The molecule has 0 saturated heterocycles. The maximum Gasteiger partial charge on any atom is 0.335 e. The molecule has 1 aliphatic rings. The number of carboxylic acid groups (broad SMARTS) is 1. The summed E-state index contributed by atoms with van der Waals surface area (Å²) in [6, 6.07) is 3.58. The number of aliphatic hydroxyl groups excluding tert-OH is 1. The van der Waals surface area contributed by atoms with Crippen LogP contribution in [0.4, 0.5) is 0 Å². The van der Waals surface area contributed by atoms with E-state index in [9.17, 15) is 18.3 Å². The van der Waals surface area contributed by atoms with Crippen molar-refractivity contribution < 1.29 is 23.4 Å². The van der Waals surface area contributed by atoms with Gasteiger partial charge in [-0.25, -0.2) is 17.5 Å². The summed E-state index contributed by atoms with van der Waals surface area (Å²) in [4.78, 5) is 10.7. The van der Waals surface area contributed by atoms with Crippen molar-refractivity contribution in [3.05, 3.63) is 28.8 Å². The van der Waals surface area contributed by atoms with E-state index in [1.54, 1.807) is 0 Å². The highest BCUT2D eigenvalue weighted by molar-refractivity contribution is 7.89. The van der Waals surface area contributed by atoms with Gasteiger partial charge in [0.1, 0.15) is 4.90 Å². The summed E-state index contributed by atoms with van der Waals surface area (Å²) in [7, 11) is -2.44. The predicted molar refractivity (Wildman–Crippen MR) is 77.0 cm³/mol. The summed E-state index contributed by atoms with van der Waals surface area (Å²) in [5, 5.41) is 18.2. The summed E-state index contributed by atoms with van der Waals surface area (Å²) < 4.78 is 26.1. The van der Waals surface area contributed by atoms with Crippen molar-refractivity contribution in [1.82, 2.24) is 4.31 Å². The molecule has 0 aromatic heterocycles. The van der Waals surface area contributed by atoms with Crippen molar-refractivity contribution in [3.8, 4) is 0 Å². The first-order valence-corrected chi connectivity index (χ1v) is 8.21. The monoisotopic (exact) mass is 333 g/mol. The van der Waals surface area contributed by atoms with Crippen LogP contribution in [0.1, 0.15) is 23.2 Å². The molecular formula is C13H16ClNO5S. The number of nitrogens with zero attached hydrogens (tertiary/aromatic N) is 1. The van der Waals surface area contributed by atoms with Crippen molar-refractivity contribution in [1.29, 1.82) is 0 Å². The number of sulfonamides is 1. The lowest BCUT2D eigenvalue weighted by Gasteiger charge is -2.34. The molecule has 0 atom stereocenters. The van der Waals surface area contributed by atoms with E-state index in [-0.39, 0.29) is 34.0 Å². The fourth-order valence-corrected chi connectivity index (χ4v) is 4.06. The van der Waals surface area contributed by atoms with E-state index in [0.717, 1.165) is 10.4 Å². The Kier molecular flexibility index (Phi) is 4.57. The summed E-state index contributed by atoms with van der Waals surface area (Å²) in [6.45, 7) is 0.271. The minimum absolute atomic E-state index is 0.0134. The topological polar surface area (TPSA) is 94.9 Å². The SMILES string of the molecule is CN(CC1CC(O)C1)S(=O)(=O)c1cc(C(=O)O)ccc1Cl. The van der Waals surface area contributed by atoms with Crippen molar-refractivity contribution in [2.24, 2.45) is 5.92 Å². The third kappa shape index (κ3) is 3.37. The van der Waals surface area contributed by atoms with E-state index >= 15 is 0 Å². The number of benzene rings is 1. The third-order valence-corrected chi connectivity index (χ3v) is 5.90. The van der Waals surface area contributed by atoms with E-state index in [2.05, 4.69) is 0 Å². The number of hydrogen-bond donors (Lipinski definition) is 2. The number of halogens is 1. The highest BCUT2D eigenvalue weighted by Crippen LogP contribution is 2.31. The fraction of sp³-hybridized carbons (Fsp3) is 0.462. The second kappa shape index (κ2) is 5.92. The van der Waals surface area contributed by atoms with Gasteiger partial charge < -0.3 is 10.2 Å². The first-order valence-electron chi connectivity index (χ1n) is 6.39. The number of carboxylic acids is 1. The molecular weight excluding hydrogens is 318 g/mol. The Morgan fingerprint density at radius 2 is 2.05 bits per heavy atom. The fourth-order valence-electron chi connectivity index (χ4n) is 2.31. The number of rotatable bonds is 5. The molecule has 0 amide bonds. The number of carbonyl (C=O) groups is 1. The zero-order valence-electron chi connectivity index (χ0n) is 11.4. The van der Waals surface area contributed by atoms with Crippen LogP contribution in [0.2, 0.25) is 5.02 Å². The molecule has 1 fully saturated rings. The Morgan fingerprint density at radius 3 is 2.57 bits per heavy atom. The first kappa shape index (κ1) is 16.2. The van der Waals surface area contributed by atoms with E-state index in [1.807, 2.05) is 0 Å². The smallest absolute Gasteiger partial charge is 0.335 e. The third-order valence-electron chi connectivity index (χ3n) is 3.59. The van der Waals surface area contributed by atoms with Gasteiger partial charge in [0, 0.05) is 13.6 Å². The minimum atomic E-state index is -3.86. The zero-order valence-corrected chi connectivity index (χ0v) is 12.9. The molecule has 0 radical (unpaired) electrons. The van der Waals surface area contributed by atoms with Crippen molar-refractivity contribution in [3.63, 3.8) is 0 Å². The maximum absolute atomic E-state index is 12.5. The highest BCUT2D eigenvalue weighted by Gasteiger charge is 2.32. The van der Waals surface area contributed by atoms with Gasteiger partial charge in [-0.05, 0) is 37.0 Å². The van der Waals surface area contributed by atoms with Gasteiger partial charge in [0.25, 0.3) is 0 Å². The Bertz CT molecular complexity index is 655. The Balaban J connectivity index is 2.26. The zero-order chi connectivity index (χ0) is 15.8. The molecule has 1 aliphatic carbocycles. The van der Waals surface area contributed by atoms with E-state index < -0.39 is 16.0 Å². The molecule has 2 rings (SSSR count). The van der Waals surface area contributed by atoms with Crippen molar-refractivity contribution in [2.75, 3.05) is 13.6 Å². The van der Waals surface area contributed by atoms with Gasteiger partial charge in [0.05, 0.1) is 16.7 Å². The van der Waals surface area contributed by atoms with Crippen molar-refractivity contribution >= 4 is 27.6 Å². The van der Waals surface area contributed by atoms with Crippen LogP contribution in [0, 0.1) is 5.92 Å². The van der Waals surface area contributed by atoms with Gasteiger partial charge in [-0.1, -0.05) is 11.6 Å². The van der Waals surface area contributed by atoms with E-state index in [0.29, 0.717) is 12.8 Å². The molecule has 0 heterocycles. The standard InChI is InChI=1S/C13H16ClNO5S/c1-15(7-8-4-10(16)5-8)21(19,20)12-6-9(13(17)18)2-3-11(12)14/h2-3,6,8,10,16H,4-5,7H2,1H3,(H,17,18). The van der Waals surface area contributed by atoms with Gasteiger partial charge in [0.2, 0.25) is 10.0 Å². The molecule has 0 unspecified atom stereocenters. The largest absolute Gasteiger partial charge is 0.478 e. The van der Waals surface area contributed by atoms with Crippen LogP contribution in [0.3, 0.4) is 0 Å². The summed E-state index contributed by atoms with van der Waals surface area (Å²) in [5.41, 5.74) is -0.134. The van der Waals surface area contributed by atoms with E-state index in [1.165, 1.54) is 19.2 Å². The first-order chi connectivity index (χ1) is 9.71. The second-order valence-electron chi connectivity index (χ2n) is 5.23. The Hall–Kier alpha value is -1.15. The maximum atomic E-state index is 12.5. The second-order valence-corrected chi connectivity index (χ2v) is 7.65. The molecule has 0 spiro atoms. The molecule has 8 heteroatoms. The molecule has 1 aromatic rings. The van der Waals surface area contributed by atoms with Crippen LogP contribution < -0.4 is 0 Å². The molecule has 1 aromatic carbocycles. The predicted octanol–water partition coefficient (Wildman–Crippen LogP) is 1.43. The van der Waals surface area contributed by atoms with Crippen LogP contribution >= 0.6 is 11.6 Å². The molecule has 0 aliphatic heterocycles. The lowest BCUT2D eigenvalue weighted by molar-refractivity contribution is 0.0367. The van der Waals surface area contributed by atoms with Crippen LogP contribution in [0.25, 0.3) is 0 Å². The Labute approximate surface area is 128 Å². The van der Waals surface area contributed by atoms with Gasteiger partial charge in [-0.15, -0.1) is 0 Å². The number of aromatic carboxylic acids is 1. The van der Waals surface area contributed by atoms with Gasteiger partial charge in [0.15, 0.2) is 0 Å². The summed E-state index contributed by atoms with van der Waals surface area (Å²) in [5.74, 6) is -1.10. The van der Waals surface area contributed by atoms with Gasteiger partial charge in [-0.2, -0.15) is 0 Å². The van der Waals surface area contributed by atoms with Crippen molar-refractivity contribution in [2.45, 2.75) is 23.8 Å². The van der Waals surface area contributed by atoms with Crippen LogP contribution in [0.15, 0.2) is 23.1 Å². The highest BCUT2D eigenvalue weighted by atomic mass is 35.5. The molecule has 1 saturated carbocycles. The average Bonchev–Trinajstić information content (AvgIpc) is 2.36. The van der Waals surface area contributed by atoms with Crippen LogP contribution in [-0.4, -0.2) is 48.6 Å². The van der Waals surface area contributed by atoms with Gasteiger partial charge in [-0.3, -0.25) is 0 Å².